The summed E-state index contributed by atoms with van der Waals surface area (Å²) in [5.41, 5.74) is 1.31. The average molecular weight is 516 g/mol. The van der Waals surface area contributed by atoms with Gasteiger partial charge in [-0.1, -0.05) is 60.3 Å². The number of hydrogen-bond donors (Lipinski definition) is 2. The van der Waals surface area contributed by atoms with Gasteiger partial charge in [0.1, 0.15) is 11.7 Å². The number of nitriles is 1. The molecule has 0 saturated carbocycles. The highest BCUT2D eigenvalue weighted by Crippen LogP contribution is 2.43. The molecule has 1 heterocycles. The number of methoxy groups -OCH3 is 1. The van der Waals surface area contributed by atoms with E-state index in [9.17, 15) is 19.6 Å². The van der Waals surface area contributed by atoms with Gasteiger partial charge in [0, 0.05) is 17.2 Å². The lowest BCUT2D eigenvalue weighted by atomic mass is 9.78. The Morgan fingerprint density at radius 2 is 1.81 bits per heavy atom. The van der Waals surface area contributed by atoms with Gasteiger partial charge in [0.05, 0.1) is 36.1 Å². The van der Waals surface area contributed by atoms with E-state index in [2.05, 4.69) is 16.7 Å². The van der Waals surface area contributed by atoms with Gasteiger partial charge < -0.3 is 20.1 Å². The van der Waals surface area contributed by atoms with Gasteiger partial charge in [0.2, 0.25) is 11.8 Å². The van der Waals surface area contributed by atoms with Crippen molar-refractivity contribution in [3.8, 4) is 11.8 Å². The van der Waals surface area contributed by atoms with E-state index in [1.807, 2.05) is 42.5 Å². The van der Waals surface area contributed by atoms with Gasteiger partial charge in [-0.05, 0) is 35.9 Å². The van der Waals surface area contributed by atoms with Crippen LogP contribution in [0.5, 0.6) is 5.75 Å². The number of esters is 1. The van der Waals surface area contributed by atoms with Crippen LogP contribution >= 0.6 is 11.8 Å². The highest BCUT2D eigenvalue weighted by atomic mass is 32.2. The summed E-state index contributed by atoms with van der Waals surface area (Å²) in [7, 11) is 1.48. The van der Waals surface area contributed by atoms with Crippen molar-refractivity contribution >= 4 is 46.0 Å². The Morgan fingerprint density at radius 3 is 2.54 bits per heavy atom. The Hall–Kier alpha value is -4.29. The first kappa shape index (κ1) is 25.8. The second-order valence-electron chi connectivity index (χ2n) is 8.19. The molecule has 0 bridgehead atoms. The molecule has 4 rings (SSSR count). The number of carbonyl (C=O) groups is 3. The normalized spacial score (nSPS) is 17.1. The number of carbonyl (C=O) groups excluding carboxylic acids is 3. The summed E-state index contributed by atoms with van der Waals surface area (Å²) < 4.78 is 10.6. The van der Waals surface area contributed by atoms with Crippen LogP contribution in [0.4, 0.5) is 5.69 Å². The number of anilines is 1. The Kier molecular flexibility index (Phi) is 8.11. The van der Waals surface area contributed by atoms with E-state index in [1.165, 1.54) is 7.11 Å². The maximum Gasteiger partial charge on any atom is 0.319 e. The molecule has 0 aliphatic carbocycles. The second kappa shape index (κ2) is 11.6. The number of hydrogen-bond acceptors (Lipinski definition) is 7. The number of nitrogens with one attached hydrogen (secondary N) is 2. The topological polar surface area (TPSA) is 118 Å². The molecule has 1 aliphatic rings. The van der Waals surface area contributed by atoms with Gasteiger partial charge in [0.25, 0.3) is 0 Å². The van der Waals surface area contributed by atoms with Gasteiger partial charge >= 0.3 is 5.97 Å². The first-order valence-electron chi connectivity index (χ1n) is 11.6. The van der Waals surface area contributed by atoms with Gasteiger partial charge in [0.15, 0.2) is 0 Å². The highest BCUT2D eigenvalue weighted by molar-refractivity contribution is 8.03. The summed E-state index contributed by atoms with van der Waals surface area (Å²) in [4.78, 5) is 38.6. The Balaban J connectivity index is 1.61. The highest BCUT2D eigenvalue weighted by Gasteiger charge is 2.45. The van der Waals surface area contributed by atoms with Gasteiger partial charge in [-0.2, -0.15) is 5.26 Å². The number of benzene rings is 3. The zero-order valence-corrected chi connectivity index (χ0v) is 21.1. The predicted octanol–water partition coefficient (Wildman–Crippen LogP) is 4.35. The van der Waals surface area contributed by atoms with E-state index < -0.39 is 23.7 Å². The largest absolute Gasteiger partial charge is 0.496 e. The van der Waals surface area contributed by atoms with Gasteiger partial charge in [-0.15, -0.1) is 0 Å². The van der Waals surface area contributed by atoms with Crippen molar-refractivity contribution in [1.29, 1.82) is 5.26 Å². The maximum atomic E-state index is 13.1. The van der Waals surface area contributed by atoms with E-state index in [-0.39, 0.29) is 28.9 Å². The summed E-state index contributed by atoms with van der Waals surface area (Å²) in [6.45, 7) is 1.73. The number of fused-ring (bicyclic) bond motifs is 1. The molecule has 3 aromatic rings. The summed E-state index contributed by atoms with van der Waals surface area (Å²) >= 11 is 1.02. The molecular formula is C28H25N3O5S. The van der Waals surface area contributed by atoms with Crippen molar-refractivity contribution in [1.82, 2.24) is 5.32 Å². The van der Waals surface area contributed by atoms with Crippen LogP contribution in [-0.4, -0.2) is 37.3 Å². The fourth-order valence-electron chi connectivity index (χ4n) is 4.29. The first-order chi connectivity index (χ1) is 18.0. The quantitative estimate of drug-likeness (QED) is 0.338. The van der Waals surface area contributed by atoms with Crippen LogP contribution in [-0.2, 0) is 19.1 Å². The Morgan fingerprint density at radius 1 is 1.08 bits per heavy atom. The number of nitrogens with zero attached hydrogens (tertiary/aromatic N) is 1. The van der Waals surface area contributed by atoms with Crippen LogP contribution in [0.15, 0.2) is 77.3 Å². The number of para-hydroxylation sites is 1. The lowest BCUT2D eigenvalue weighted by molar-refractivity contribution is -0.152. The van der Waals surface area contributed by atoms with Crippen LogP contribution in [0.25, 0.3) is 10.8 Å². The zero-order chi connectivity index (χ0) is 26.4. The van der Waals surface area contributed by atoms with Crippen molar-refractivity contribution in [2.45, 2.75) is 12.8 Å². The number of allylic oxidation sites excluding steroid dienone is 1. The standard InChI is InChI=1S/C28H25N3O5S/c1-3-36-28(34)25-24(20-10-6-7-11-22(20)35-2)21(15-29)27(31-26(25)33)37-16-23(32)30-19-13-12-17-8-4-5-9-18(17)14-19/h4-14,24-25H,3,16H2,1-2H3,(H,30,32)(H,31,33). The number of thioether (sulfide) groups is 1. The monoisotopic (exact) mass is 515 g/mol. The summed E-state index contributed by atoms with van der Waals surface area (Å²) in [6, 6.07) is 22.5. The molecule has 0 fully saturated rings. The molecule has 3 aromatic carbocycles. The minimum Gasteiger partial charge on any atom is -0.496 e. The van der Waals surface area contributed by atoms with E-state index in [0.29, 0.717) is 17.0 Å². The fraction of sp³-hybridized carbons (Fsp3) is 0.214. The fourth-order valence-corrected chi connectivity index (χ4v) is 5.13. The minimum atomic E-state index is -1.28. The number of amides is 2. The van der Waals surface area contributed by atoms with Crippen molar-refractivity contribution in [3.63, 3.8) is 0 Å². The molecule has 0 saturated heterocycles. The first-order valence-corrected chi connectivity index (χ1v) is 12.6. The maximum absolute atomic E-state index is 13.1. The average Bonchev–Trinajstić information content (AvgIpc) is 2.91. The molecule has 2 atom stereocenters. The van der Waals surface area contributed by atoms with Crippen LogP contribution in [0.3, 0.4) is 0 Å². The van der Waals surface area contributed by atoms with Crippen LogP contribution in [0, 0.1) is 17.2 Å². The van der Waals surface area contributed by atoms with E-state index >= 15 is 0 Å². The summed E-state index contributed by atoms with van der Waals surface area (Å²) in [5, 5.41) is 17.9. The van der Waals surface area contributed by atoms with Gasteiger partial charge in [-0.3, -0.25) is 14.4 Å². The molecule has 2 unspecified atom stereocenters. The van der Waals surface area contributed by atoms with Crippen molar-refractivity contribution in [2.75, 3.05) is 24.8 Å². The lowest BCUT2D eigenvalue weighted by Crippen LogP contribution is -2.44. The van der Waals surface area contributed by atoms with Crippen molar-refractivity contribution < 1.29 is 23.9 Å². The molecule has 2 amide bonds. The van der Waals surface area contributed by atoms with E-state index in [4.69, 9.17) is 9.47 Å². The third-order valence-corrected chi connectivity index (χ3v) is 6.94. The smallest absolute Gasteiger partial charge is 0.319 e. The SMILES string of the molecule is CCOC(=O)C1C(=O)NC(SCC(=O)Nc2ccc3ccccc3c2)=C(C#N)C1c1ccccc1OC. The third kappa shape index (κ3) is 5.60. The molecule has 9 heteroatoms. The molecular weight excluding hydrogens is 490 g/mol. The zero-order valence-electron chi connectivity index (χ0n) is 20.3. The molecule has 1 aliphatic heterocycles. The molecule has 8 nitrogen and oxygen atoms in total. The van der Waals surface area contributed by atoms with Gasteiger partial charge in [-0.25, -0.2) is 0 Å². The Labute approximate surface area is 218 Å². The number of ether oxygens (including phenoxy) is 2. The number of rotatable bonds is 8. The van der Waals surface area contributed by atoms with E-state index in [1.54, 1.807) is 31.2 Å². The molecule has 188 valence electrons. The second-order valence-corrected chi connectivity index (χ2v) is 9.18. The lowest BCUT2D eigenvalue weighted by Gasteiger charge is -2.31. The summed E-state index contributed by atoms with van der Waals surface area (Å²) in [6.07, 6.45) is 0. The molecule has 2 N–H and O–H groups in total. The van der Waals surface area contributed by atoms with Crippen LogP contribution in [0.2, 0.25) is 0 Å². The molecule has 37 heavy (non-hydrogen) atoms. The van der Waals surface area contributed by atoms with Crippen LogP contribution < -0.4 is 15.4 Å². The molecule has 0 radical (unpaired) electrons. The predicted molar refractivity (Wildman–Crippen MR) is 142 cm³/mol. The molecule has 0 aromatic heterocycles. The molecule has 0 spiro atoms. The summed E-state index contributed by atoms with van der Waals surface area (Å²) in [5.74, 6) is -3.48. The van der Waals surface area contributed by atoms with E-state index in [0.717, 1.165) is 22.5 Å². The minimum absolute atomic E-state index is 0.0592. The van der Waals surface area contributed by atoms with Crippen molar-refractivity contribution in [2.24, 2.45) is 5.92 Å². The Bertz CT molecular complexity index is 1430. The van der Waals surface area contributed by atoms with Crippen LogP contribution in [0.1, 0.15) is 18.4 Å². The van der Waals surface area contributed by atoms with Crippen molar-refractivity contribution in [3.05, 3.63) is 82.9 Å². The third-order valence-electron chi connectivity index (χ3n) is 5.92.